The number of amides is 3. The third-order valence-corrected chi connectivity index (χ3v) is 3.87. The molecule has 0 aliphatic carbocycles. The fourth-order valence-electron chi connectivity index (χ4n) is 2.80. The maximum atomic E-state index is 12.0. The SMILES string of the molecule is Cc1cc(C)c(NC(=O)CNC(=O)NC[C@@H]2CCCO2)c(C)c1. The number of anilines is 1. The van der Waals surface area contributed by atoms with Crippen LogP contribution in [0.3, 0.4) is 0 Å². The van der Waals surface area contributed by atoms with Gasteiger partial charge in [-0.15, -0.1) is 0 Å². The van der Waals surface area contributed by atoms with Crippen LogP contribution in [0.1, 0.15) is 29.5 Å². The highest BCUT2D eigenvalue weighted by molar-refractivity contribution is 5.95. The molecule has 1 aliphatic heterocycles. The van der Waals surface area contributed by atoms with E-state index < -0.39 is 0 Å². The molecule has 0 bridgehead atoms. The first-order valence-corrected chi connectivity index (χ1v) is 7.96. The molecule has 1 aromatic carbocycles. The third kappa shape index (κ3) is 5.25. The summed E-state index contributed by atoms with van der Waals surface area (Å²) in [7, 11) is 0. The summed E-state index contributed by atoms with van der Waals surface area (Å²) in [5.41, 5.74) is 3.99. The molecule has 1 aliphatic rings. The van der Waals surface area contributed by atoms with Crippen LogP contribution < -0.4 is 16.0 Å². The smallest absolute Gasteiger partial charge is 0.315 e. The fourth-order valence-corrected chi connectivity index (χ4v) is 2.80. The molecule has 0 unspecified atom stereocenters. The van der Waals surface area contributed by atoms with Crippen LogP contribution in [-0.4, -0.2) is 37.7 Å². The number of urea groups is 1. The van der Waals surface area contributed by atoms with Gasteiger partial charge in [0.05, 0.1) is 12.6 Å². The minimum Gasteiger partial charge on any atom is -0.376 e. The molecule has 6 heteroatoms. The summed E-state index contributed by atoms with van der Waals surface area (Å²) in [5.74, 6) is -0.243. The highest BCUT2D eigenvalue weighted by atomic mass is 16.5. The van der Waals surface area contributed by atoms with E-state index in [9.17, 15) is 9.59 Å². The number of hydrogen-bond donors (Lipinski definition) is 3. The van der Waals surface area contributed by atoms with Crippen molar-refractivity contribution in [3.05, 3.63) is 28.8 Å². The second-order valence-electron chi connectivity index (χ2n) is 6.02. The van der Waals surface area contributed by atoms with Crippen molar-refractivity contribution < 1.29 is 14.3 Å². The van der Waals surface area contributed by atoms with Crippen LogP contribution in [0.4, 0.5) is 10.5 Å². The van der Waals surface area contributed by atoms with Crippen LogP contribution >= 0.6 is 0 Å². The number of benzene rings is 1. The Bertz CT molecular complexity index is 557. The standard InChI is InChI=1S/C17H25N3O3/c1-11-7-12(2)16(13(3)8-11)20-15(21)10-19-17(22)18-9-14-5-4-6-23-14/h7-8,14H,4-6,9-10H2,1-3H3,(H,20,21)(H2,18,19,22)/t14-/m0/s1. The summed E-state index contributed by atoms with van der Waals surface area (Å²) >= 11 is 0. The zero-order chi connectivity index (χ0) is 16.8. The zero-order valence-electron chi connectivity index (χ0n) is 14.0. The molecule has 1 heterocycles. The van der Waals surface area contributed by atoms with Gasteiger partial charge in [0, 0.05) is 18.8 Å². The first kappa shape index (κ1) is 17.3. The normalized spacial score (nSPS) is 16.9. The lowest BCUT2D eigenvalue weighted by Gasteiger charge is -2.14. The highest BCUT2D eigenvalue weighted by Crippen LogP contribution is 2.21. The van der Waals surface area contributed by atoms with Crippen molar-refractivity contribution in [2.75, 3.05) is 25.0 Å². The van der Waals surface area contributed by atoms with E-state index in [2.05, 4.69) is 16.0 Å². The lowest BCUT2D eigenvalue weighted by atomic mass is 10.1. The minimum atomic E-state index is -0.354. The number of ether oxygens (including phenoxy) is 1. The Morgan fingerprint density at radius 3 is 2.48 bits per heavy atom. The molecular weight excluding hydrogens is 294 g/mol. The Morgan fingerprint density at radius 2 is 1.87 bits per heavy atom. The largest absolute Gasteiger partial charge is 0.376 e. The fraction of sp³-hybridized carbons (Fsp3) is 0.529. The molecule has 126 valence electrons. The Hall–Kier alpha value is -2.08. The quantitative estimate of drug-likeness (QED) is 0.777. The third-order valence-electron chi connectivity index (χ3n) is 3.87. The number of aryl methyl sites for hydroxylation is 3. The van der Waals surface area contributed by atoms with Crippen molar-refractivity contribution >= 4 is 17.6 Å². The lowest BCUT2D eigenvalue weighted by Crippen LogP contribution is -2.42. The predicted molar refractivity (Wildman–Crippen MR) is 89.7 cm³/mol. The van der Waals surface area contributed by atoms with Crippen molar-refractivity contribution in [3.63, 3.8) is 0 Å². The maximum absolute atomic E-state index is 12.0. The highest BCUT2D eigenvalue weighted by Gasteiger charge is 2.16. The maximum Gasteiger partial charge on any atom is 0.315 e. The zero-order valence-corrected chi connectivity index (χ0v) is 14.0. The van der Waals surface area contributed by atoms with Gasteiger partial charge in [0.25, 0.3) is 0 Å². The van der Waals surface area contributed by atoms with Crippen molar-refractivity contribution in [2.45, 2.75) is 39.7 Å². The number of carbonyl (C=O) groups excluding carboxylic acids is 2. The van der Waals surface area contributed by atoms with Crippen LogP contribution in [0.15, 0.2) is 12.1 Å². The van der Waals surface area contributed by atoms with Crippen LogP contribution in [0.5, 0.6) is 0 Å². The molecule has 6 nitrogen and oxygen atoms in total. The molecule has 0 saturated carbocycles. The number of carbonyl (C=O) groups is 2. The van der Waals surface area contributed by atoms with Gasteiger partial charge < -0.3 is 20.7 Å². The Labute approximate surface area is 137 Å². The molecule has 1 fully saturated rings. The molecule has 0 spiro atoms. The van der Waals surface area contributed by atoms with E-state index in [1.807, 2.05) is 32.9 Å². The van der Waals surface area contributed by atoms with E-state index in [0.29, 0.717) is 6.54 Å². The van der Waals surface area contributed by atoms with Crippen LogP contribution in [-0.2, 0) is 9.53 Å². The van der Waals surface area contributed by atoms with E-state index >= 15 is 0 Å². The van der Waals surface area contributed by atoms with E-state index in [1.165, 1.54) is 0 Å². The molecule has 3 N–H and O–H groups in total. The molecule has 1 saturated heterocycles. The van der Waals surface area contributed by atoms with Crippen LogP contribution in [0, 0.1) is 20.8 Å². The van der Waals surface area contributed by atoms with Crippen molar-refractivity contribution in [2.24, 2.45) is 0 Å². The molecule has 2 rings (SSSR count). The summed E-state index contributed by atoms with van der Waals surface area (Å²) in [5, 5.41) is 8.13. The van der Waals surface area contributed by atoms with E-state index in [1.54, 1.807) is 0 Å². The van der Waals surface area contributed by atoms with Crippen molar-refractivity contribution in [3.8, 4) is 0 Å². The topological polar surface area (TPSA) is 79.5 Å². The summed E-state index contributed by atoms with van der Waals surface area (Å²) in [6, 6.07) is 3.68. The monoisotopic (exact) mass is 319 g/mol. The van der Waals surface area contributed by atoms with Gasteiger partial charge in [0.15, 0.2) is 0 Å². The molecule has 0 aromatic heterocycles. The minimum absolute atomic E-state index is 0.0654. The van der Waals surface area contributed by atoms with Gasteiger partial charge in [0.2, 0.25) is 5.91 Å². The number of rotatable bonds is 5. The van der Waals surface area contributed by atoms with E-state index in [0.717, 1.165) is 41.8 Å². The van der Waals surface area contributed by atoms with Gasteiger partial charge in [-0.3, -0.25) is 4.79 Å². The Balaban J connectivity index is 1.75. The molecule has 3 amide bonds. The van der Waals surface area contributed by atoms with Gasteiger partial charge in [0.1, 0.15) is 0 Å². The first-order chi connectivity index (χ1) is 11.0. The molecule has 1 atom stereocenters. The van der Waals surface area contributed by atoms with Crippen molar-refractivity contribution in [1.29, 1.82) is 0 Å². The summed E-state index contributed by atoms with van der Waals surface area (Å²) in [6.45, 7) is 7.10. The van der Waals surface area contributed by atoms with Crippen molar-refractivity contribution in [1.82, 2.24) is 10.6 Å². The second-order valence-corrected chi connectivity index (χ2v) is 6.02. The van der Waals surface area contributed by atoms with E-state index in [4.69, 9.17) is 4.74 Å². The van der Waals surface area contributed by atoms with Gasteiger partial charge in [-0.05, 0) is 44.7 Å². The lowest BCUT2D eigenvalue weighted by molar-refractivity contribution is -0.115. The molecule has 1 aromatic rings. The molecule has 23 heavy (non-hydrogen) atoms. The van der Waals surface area contributed by atoms with Crippen LogP contribution in [0.25, 0.3) is 0 Å². The molecule has 0 radical (unpaired) electrons. The van der Waals surface area contributed by atoms with Gasteiger partial charge >= 0.3 is 6.03 Å². The van der Waals surface area contributed by atoms with Gasteiger partial charge in [-0.1, -0.05) is 17.7 Å². The average Bonchev–Trinajstić information content (AvgIpc) is 3.00. The number of nitrogens with one attached hydrogen (secondary N) is 3. The average molecular weight is 319 g/mol. The van der Waals surface area contributed by atoms with Crippen LogP contribution in [0.2, 0.25) is 0 Å². The van der Waals surface area contributed by atoms with Gasteiger partial charge in [-0.2, -0.15) is 0 Å². The van der Waals surface area contributed by atoms with Gasteiger partial charge in [-0.25, -0.2) is 4.79 Å². The summed E-state index contributed by atoms with van der Waals surface area (Å²) in [4.78, 5) is 23.7. The number of hydrogen-bond acceptors (Lipinski definition) is 3. The predicted octanol–water partition coefficient (Wildman–Crippen LogP) is 2.03. The Kier molecular flexibility index (Phi) is 5.98. The van der Waals surface area contributed by atoms with E-state index in [-0.39, 0.29) is 24.6 Å². The summed E-state index contributed by atoms with van der Waals surface area (Å²) < 4.78 is 5.42. The Morgan fingerprint density at radius 1 is 1.17 bits per heavy atom. The second kappa shape index (κ2) is 7.97. The summed E-state index contributed by atoms with van der Waals surface area (Å²) in [6.07, 6.45) is 2.09. The first-order valence-electron chi connectivity index (χ1n) is 7.96. The molecular formula is C17H25N3O3.